The second-order valence-electron chi connectivity index (χ2n) is 5.46. The van der Waals surface area contributed by atoms with Crippen LogP contribution >= 0.6 is 0 Å². The molecular weight excluding hydrogens is 238 g/mol. The van der Waals surface area contributed by atoms with Gasteiger partial charge in [0.2, 0.25) is 0 Å². The topological polar surface area (TPSA) is 41.5 Å². The first-order chi connectivity index (χ1) is 9.35. The summed E-state index contributed by atoms with van der Waals surface area (Å²) >= 11 is 0. The zero-order chi connectivity index (χ0) is 13.5. The fourth-order valence-electron chi connectivity index (χ4n) is 3.04. The van der Waals surface area contributed by atoms with Gasteiger partial charge in [0, 0.05) is 13.7 Å². The smallest absolute Gasteiger partial charge is 0.0657 e. The maximum atomic E-state index is 9.37. The third kappa shape index (κ3) is 4.03. The minimum absolute atomic E-state index is 0.242. The molecule has 1 saturated carbocycles. The Morgan fingerprint density at radius 1 is 1.26 bits per heavy atom. The van der Waals surface area contributed by atoms with Crippen LogP contribution in [-0.2, 0) is 4.74 Å². The standard InChI is InChI=1S/C16H25NO2/c1-19-12-16(13-6-3-2-4-7-13)17-10-14-8-5-9-15(14)11-18/h2-4,6-7,14-18H,5,8-12H2,1H3. The Labute approximate surface area is 116 Å². The van der Waals surface area contributed by atoms with E-state index in [0.29, 0.717) is 25.0 Å². The minimum atomic E-state index is 0.242. The molecule has 3 atom stereocenters. The van der Waals surface area contributed by atoms with Crippen LogP contribution in [0.2, 0.25) is 0 Å². The summed E-state index contributed by atoms with van der Waals surface area (Å²) in [5, 5.41) is 13.0. The van der Waals surface area contributed by atoms with E-state index in [2.05, 4.69) is 29.6 Å². The van der Waals surface area contributed by atoms with Gasteiger partial charge in [-0.1, -0.05) is 36.8 Å². The molecule has 0 aromatic heterocycles. The Morgan fingerprint density at radius 2 is 2.00 bits per heavy atom. The van der Waals surface area contributed by atoms with E-state index in [-0.39, 0.29) is 6.04 Å². The average Bonchev–Trinajstić information content (AvgIpc) is 2.92. The number of rotatable bonds is 7. The number of methoxy groups -OCH3 is 1. The van der Waals surface area contributed by atoms with Gasteiger partial charge in [-0.15, -0.1) is 0 Å². The summed E-state index contributed by atoms with van der Waals surface area (Å²) in [6.45, 7) is 1.97. The van der Waals surface area contributed by atoms with Crippen LogP contribution < -0.4 is 5.32 Å². The molecule has 1 aliphatic rings. The molecule has 2 N–H and O–H groups in total. The van der Waals surface area contributed by atoms with Crippen molar-refractivity contribution < 1.29 is 9.84 Å². The van der Waals surface area contributed by atoms with E-state index in [4.69, 9.17) is 4.74 Å². The molecule has 0 spiro atoms. The number of nitrogens with one attached hydrogen (secondary N) is 1. The van der Waals surface area contributed by atoms with Crippen molar-refractivity contribution in [3.63, 3.8) is 0 Å². The van der Waals surface area contributed by atoms with Crippen molar-refractivity contribution in [1.29, 1.82) is 0 Å². The number of ether oxygens (including phenoxy) is 1. The second-order valence-corrected chi connectivity index (χ2v) is 5.46. The van der Waals surface area contributed by atoms with Crippen molar-refractivity contribution >= 4 is 0 Å². The molecule has 0 saturated heterocycles. The van der Waals surface area contributed by atoms with Crippen LogP contribution in [0.3, 0.4) is 0 Å². The summed E-state index contributed by atoms with van der Waals surface area (Å²) in [5.41, 5.74) is 1.27. The van der Waals surface area contributed by atoms with Gasteiger partial charge in [-0.25, -0.2) is 0 Å². The molecule has 1 aromatic rings. The molecule has 2 rings (SSSR count). The molecule has 1 aliphatic carbocycles. The molecule has 0 aliphatic heterocycles. The van der Waals surface area contributed by atoms with Gasteiger partial charge in [-0.05, 0) is 36.8 Å². The normalized spacial score (nSPS) is 24.5. The lowest BCUT2D eigenvalue weighted by atomic mass is 9.96. The minimum Gasteiger partial charge on any atom is -0.396 e. The lowest BCUT2D eigenvalue weighted by Crippen LogP contribution is -2.32. The van der Waals surface area contributed by atoms with Crippen LogP contribution in [0, 0.1) is 11.8 Å². The third-order valence-corrected chi connectivity index (χ3v) is 4.21. The molecular formula is C16H25NO2. The first-order valence-electron chi connectivity index (χ1n) is 7.23. The van der Waals surface area contributed by atoms with E-state index < -0.39 is 0 Å². The Kier molecular flexibility index (Phi) is 5.83. The van der Waals surface area contributed by atoms with Crippen molar-refractivity contribution in [2.75, 3.05) is 26.9 Å². The van der Waals surface area contributed by atoms with E-state index in [1.54, 1.807) is 7.11 Å². The Morgan fingerprint density at radius 3 is 2.68 bits per heavy atom. The lowest BCUT2D eigenvalue weighted by molar-refractivity contribution is 0.155. The lowest BCUT2D eigenvalue weighted by Gasteiger charge is -2.23. The van der Waals surface area contributed by atoms with Crippen LogP contribution in [0.15, 0.2) is 30.3 Å². The number of hydrogen-bond acceptors (Lipinski definition) is 3. The van der Waals surface area contributed by atoms with Crippen LogP contribution in [0.1, 0.15) is 30.9 Å². The Bertz CT molecular complexity index is 355. The molecule has 3 heteroatoms. The molecule has 0 bridgehead atoms. The van der Waals surface area contributed by atoms with Crippen LogP contribution in [0.25, 0.3) is 0 Å². The highest BCUT2D eigenvalue weighted by molar-refractivity contribution is 5.19. The predicted octanol–water partition coefficient (Wildman–Crippen LogP) is 2.37. The van der Waals surface area contributed by atoms with Gasteiger partial charge >= 0.3 is 0 Å². The molecule has 0 heterocycles. The quantitative estimate of drug-likeness (QED) is 0.793. The Hall–Kier alpha value is -0.900. The first kappa shape index (κ1) is 14.5. The van der Waals surface area contributed by atoms with E-state index in [1.165, 1.54) is 24.8 Å². The van der Waals surface area contributed by atoms with E-state index >= 15 is 0 Å². The van der Waals surface area contributed by atoms with Gasteiger partial charge in [0.15, 0.2) is 0 Å². The van der Waals surface area contributed by atoms with E-state index in [9.17, 15) is 5.11 Å². The highest BCUT2D eigenvalue weighted by Gasteiger charge is 2.27. The molecule has 0 radical (unpaired) electrons. The van der Waals surface area contributed by atoms with Gasteiger partial charge in [0.05, 0.1) is 12.6 Å². The SMILES string of the molecule is COCC(NCC1CCCC1CO)c1ccccc1. The summed E-state index contributed by atoms with van der Waals surface area (Å²) in [6, 6.07) is 10.7. The van der Waals surface area contributed by atoms with Gasteiger partial charge in [-0.3, -0.25) is 0 Å². The van der Waals surface area contributed by atoms with E-state index in [1.807, 2.05) is 6.07 Å². The maximum absolute atomic E-state index is 9.37. The highest BCUT2D eigenvalue weighted by atomic mass is 16.5. The second kappa shape index (κ2) is 7.63. The highest BCUT2D eigenvalue weighted by Crippen LogP contribution is 2.31. The van der Waals surface area contributed by atoms with E-state index in [0.717, 1.165) is 6.54 Å². The molecule has 106 valence electrons. The molecule has 1 fully saturated rings. The summed E-state index contributed by atoms with van der Waals surface area (Å²) in [5.74, 6) is 1.08. The number of hydrogen-bond donors (Lipinski definition) is 2. The monoisotopic (exact) mass is 263 g/mol. The molecule has 3 nitrogen and oxygen atoms in total. The largest absolute Gasteiger partial charge is 0.396 e. The number of benzene rings is 1. The molecule has 0 amide bonds. The van der Waals surface area contributed by atoms with Gasteiger partial charge < -0.3 is 15.2 Å². The average molecular weight is 263 g/mol. The van der Waals surface area contributed by atoms with Crippen LogP contribution in [0.5, 0.6) is 0 Å². The molecule has 19 heavy (non-hydrogen) atoms. The molecule has 3 unspecified atom stereocenters. The summed E-state index contributed by atoms with van der Waals surface area (Å²) in [6.07, 6.45) is 3.65. The fourth-order valence-corrected chi connectivity index (χ4v) is 3.04. The third-order valence-electron chi connectivity index (χ3n) is 4.21. The number of aliphatic hydroxyl groups is 1. The maximum Gasteiger partial charge on any atom is 0.0657 e. The first-order valence-corrected chi connectivity index (χ1v) is 7.23. The van der Waals surface area contributed by atoms with Crippen LogP contribution in [0.4, 0.5) is 0 Å². The van der Waals surface area contributed by atoms with Crippen molar-refractivity contribution in [3.8, 4) is 0 Å². The fraction of sp³-hybridized carbons (Fsp3) is 0.625. The zero-order valence-electron chi connectivity index (χ0n) is 11.7. The van der Waals surface area contributed by atoms with Gasteiger partial charge in [-0.2, -0.15) is 0 Å². The zero-order valence-corrected chi connectivity index (χ0v) is 11.7. The summed E-state index contributed by atoms with van der Waals surface area (Å²) in [7, 11) is 1.74. The Balaban J connectivity index is 1.90. The number of aliphatic hydroxyl groups excluding tert-OH is 1. The van der Waals surface area contributed by atoms with Crippen molar-refractivity contribution in [3.05, 3.63) is 35.9 Å². The van der Waals surface area contributed by atoms with Crippen molar-refractivity contribution in [2.24, 2.45) is 11.8 Å². The van der Waals surface area contributed by atoms with Crippen molar-refractivity contribution in [2.45, 2.75) is 25.3 Å². The summed E-state index contributed by atoms with van der Waals surface area (Å²) in [4.78, 5) is 0. The van der Waals surface area contributed by atoms with Crippen LogP contribution in [-0.4, -0.2) is 32.0 Å². The predicted molar refractivity (Wildman–Crippen MR) is 77.0 cm³/mol. The molecule has 1 aromatic carbocycles. The van der Waals surface area contributed by atoms with Gasteiger partial charge in [0.25, 0.3) is 0 Å². The van der Waals surface area contributed by atoms with Crippen molar-refractivity contribution in [1.82, 2.24) is 5.32 Å². The van der Waals surface area contributed by atoms with Gasteiger partial charge in [0.1, 0.15) is 0 Å². The summed E-state index contributed by atoms with van der Waals surface area (Å²) < 4.78 is 5.31.